The summed E-state index contributed by atoms with van der Waals surface area (Å²) < 4.78 is 26.0. The van der Waals surface area contributed by atoms with E-state index in [9.17, 15) is 13.5 Å². The van der Waals surface area contributed by atoms with Gasteiger partial charge in [0.05, 0.1) is 11.0 Å². The van der Waals surface area contributed by atoms with E-state index >= 15 is 0 Å². The molecular weight excluding hydrogens is 238 g/mol. The molecule has 1 aromatic carbocycles. The SMILES string of the molecule is Cc1cc(C)cc(S(=O)(=O)N2CC[C@H](O)C2)c1. The predicted octanol–water partition coefficient (Wildman–Crippen LogP) is 1.06. The van der Waals surface area contributed by atoms with Crippen LogP contribution in [0.15, 0.2) is 23.1 Å². The average molecular weight is 255 g/mol. The average Bonchev–Trinajstić information content (AvgIpc) is 2.64. The van der Waals surface area contributed by atoms with Gasteiger partial charge in [-0.05, 0) is 43.5 Å². The van der Waals surface area contributed by atoms with Crippen molar-refractivity contribution in [3.63, 3.8) is 0 Å². The van der Waals surface area contributed by atoms with Gasteiger partial charge in [-0.25, -0.2) is 8.42 Å². The Bertz CT molecular complexity index is 504. The Kier molecular flexibility index (Phi) is 3.25. The van der Waals surface area contributed by atoms with Crippen LogP contribution in [-0.4, -0.2) is 37.0 Å². The first-order chi connectivity index (χ1) is 7.89. The van der Waals surface area contributed by atoms with Crippen LogP contribution in [0, 0.1) is 13.8 Å². The molecule has 1 aliphatic heterocycles. The summed E-state index contributed by atoms with van der Waals surface area (Å²) in [5.74, 6) is 0. The molecule has 0 unspecified atom stereocenters. The maximum absolute atomic E-state index is 12.3. The molecule has 0 bridgehead atoms. The van der Waals surface area contributed by atoms with Crippen LogP contribution in [0.2, 0.25) is 0 Å². The van der Waals surface area contributed by atoms with E-state index in [2.05, 4.69) is 0 Å². The lowest BCUT2D eigenvalue weighted by atomic mass is 10.2. The van der Waals surface area contributed by atoms with Crippen LogP contribution in [0.1, 0.15) is 17.5 Å². The summed E-state index contributed by atoms with van der Waals surface area (Å²) in [6, 6.07) is 5.29. The Morgan fingerprint density at radius 2 is 1.82 bits per heavy atom. The van der Waals surface area contributed by atoms with E-state index in [1.54, 1.807) is 12.1 Å². The Morgan fingerprint density at radius 1 is 1.24 bits per heavy atom. The molecule has 1 N–H and O–H groups in total. The summed E-state index contributed by atoms with van der Waals surface area (Å²) in [5, 5.41) is 9.41. The van der Waals surface area contributed by atoms with E-state index in [1.807, 2.05) is 19.9 Å². The van der Waals surface area contributed by atoms with Crippen molar-refractivity contribution in [2.75, 3.05) is 13.1 Å². The quantitative estimate of drug-likeness (QED) is 0.859. The first-order valence-corrected chi connectivity index (χ1v) is 7.10. The fourth-order valence-electron chi connectivity index (χ4n) is 2.16. The van der Waals surface area contributed by atoms with Gasteiger partial charge in [-0.3, -0.25) is 0 Å². The molecule has 1 atom stereocenters. The zero-order valence-corrected chi connectivity index (χ0v) is 10.9. The van der Waals surface area contributed by atoms with E-state index in [4.69, 9.17) is 0 Å². The first kappa shape index (κ1) is 12.5. The maximum atomic E-state index is 12.3. The molecule has 0 aromatic heterocycles. The van der Waals surface area contributed by atoms with Gasteiger partial charge < -0.3 is 5.11 Å². The number of nitrogens with zero attached hydrogens (tertiary/aromatic N) is 1. The standard InChI is InChI=1S/C12H17NO3S/c1-9-5-10(2)7-12(6-9)17(15,16)13-4-3-11(14)8-13/h5-7,11,14H,3-4,8H2,1-2H3/t11-/m0/s1. The number of aryl methyl sites for hydroxylation is 2. The van der Waals surface area contributed by atoms with E-state index < -0.39 is 16.1 Å². The predicted molar refractivity (Wildman–Crippen MR) is 65.3 cm³/mol. The number of rotatable bonds is 2. The Morgan fingerprint density at radius 3 is 2.29 bits per heavy atom. The topological polar surface area (TPSA) is 57.6 Å². The number of aliphatic hydroxyl groups excluding tert-OH is 1. The van der Waals surface area contributed by atoms with Gasteiger partial charge in [0.2, 0.25) is 10.0 Å². The highest BCUT2D eigenvalue weighted by Crippen LogP contribution is 2.22. The molecule has 4 nitrogen and oxygen atoms in total. The lowest BCUT2D eigenvalue weighted by Gasteiger charge is -2.16. The van der Waals surface area contributed by atoms with E-state index in [0.29, 0.717) is 17.9 Å². The number of aliphatic hydroxyl groups is 1. The minimum absolute atomic E-state index is 0.204. The molecule has 1 saturated heterocycles. The summed E-state index contributed by atoms with van der Waals surface area (Å²) in [7, 11) is -3.44. The van der Waals surface area contributed by atoms with Gasteiger partial charge in [-0.2, -0.15) is 4.31 Å². The molecule has 5 heteroatoms. The molecule has 0 amide bonds. The summed E-state index contributed by atoms with van der Waals surface area (Å²) >= 11 is 0. The fourth-order valence-corrected chi connectivity index (χ4v) is 3.84. The third-order valence-corrected chi connectivity index (χ3v) is 4.80. The molecule has 2 rings (SSSR count). The van der Waals surface area contributed by atoms with Crippen LogP contribution in [-0.2, 0) is 10.0 Å². The molecule has 1 aliphatic rings. The molecule has 17 heavy (non-hydrogen) atoms. The van der Waals surface area contributed by atoms with Crippen LogP contribution >= 0.6 is 0 Å². The Balaban J connectivity index is 2.38. The third-order valence-electron chi connectivity index (χ3n) is 2.96. The molecule has 1 heterocycles. The van der Waals surface area contributed by atoms with Crippen LogP contribution in [0.25, 0.3) is 0 Å². The van der Waals surface area contributed by atoms with Gasteiger partial charge in [0.25, 0.3) is 0 Å². The molecule has 94 valence electrons. The largest absolute Gasteiger partial charge is 0.392 e. The monoisotopic (exact) mass is 255 g/mol. The molecule has 0 spiro atoms. The van der Waals surface area contributed by atoms with Crippen molar-refractivity contribution in [1.82, 2.24) is 4.31 Å². The Hall–Kier alpha value is -0.910. The number of hydrogen-bond acceptors (Lipinski definition) is 3. The fraction of sp³-hybridized carbons (Fsp3) is 0.500. The maximum Gasteiger partial charge on any atom is 0.243 e. The van der Waals surface area contributed by atoms with Gasteiger partial charge in [-0.1, -0.05) is 6.07 Å². The van der Waals surface area contributed by atoms with Gasteiger partial charge in [0.1, 0.15) is 0 Å². The van der Waals surface area contributed by atoms with Crippen molar-refractivity contribution < 1.29 is 13.5 Å². The van der Waals surface area contributed by atoms with Crippen LogP contribution < -0.4 is 0 Å². The minimum atomic E-state index is -3.44. The molecule has 0 aliphatic carbocycles. The van der Waals surface area contributed by atoms with Gasteiger partial charge in [-0.15, -0.1) is 0 Å². The van der Waals surface area contributed by atoms with Crippen LogP contribution in [0.3, 0.4) is 0 Å². The van der Waals surface area contributed by atoms with Crippen molar-refractivity contribution in [1.29, 1.82) is 0 Å². The van der Waals surface area contributed by atoms with Gasteiger partial charge >= 0.3 is 0 Å². The van der Waals surface area contributed by atoms with E-state index in [1.165, 1.54) is 4.31 Å². The lowest BCUT2D eigenvalue weighted by Crippen LogP contribution is -2.29. The van der Waals surface area contributed by atoms with E-state index in [0.717, 1.165) is 11.1 Å². The third kappa shape index (κ3) is 2.51. The summed E-state index contributed by atoms with van der Waals surface area (Å²) in [4.78, 5) is 0.323. The highest BCUT2D eigenvalue weighted by molar-refractivity contribution is 7.89. The number of benzene rings is 1. The van der Waals surface area contributed by atoms with Gasteiger partial charge in [0.15, 0.2) is 0 Å². The number of β-amino-alcohol motifs (C(OH)–C–C–N with tert-alkyl or cyclic N) is 1. The second kappa shape index (κ2) is 4.40. The van der Waals surface area contributed by atoms with Crippen LogP contribution in [0.5, 0.6) is 0 Å². The number of sulfonamides is 1. The first-order valence-electron chi connectivity index (χ1n) is 5.66. The summed E-state index contributed by atoms with van der Waals surface area (Å²) in [6.07, 6.45) is -0.0139. The second-order valence-corrected chi connectivity index (χ2v) is 6.57. The summed E-state index contributed by atoms with van der Waals surface area (Å²) in [5.41, 5.74) is 1.87. The zero-order chi connectivity index (χ0) is 12.6. The highest BCUT2D eigenvalue weighted by atomic mass is 32.2. The van der Waals surface area contributed by atoms with Crippen molar-refractivity contribution in [3.8, 4) is 0 Å². The lowest BCUT2D eigenvalue weighted by molar-refractivity contribution is 0.189. The molecular formula is C12H17NO3S. The van der Waals surface area contributed by atoms with Crippen LogP contribution in [0.4, 0.5) is 0 Å². The van der Waals surface area contributed by atoms with Crippen molar-refractivity contribution in [3.05, 3.63) is 29.3 Å². The molecule has 0 radical (unpaired) electrons. The van der Waals surface area contributed by atoms with Gasteiger partial charge in [0, 0.05) is 13.1 Å². The zero-order valence-electron chi connectivity index (χ0n) is 10.0. The molecule has 1 fully saturated rings. The highest BCUT2D eigenvalue weighted by Gasteiger charge is 2.31. The number of hydrogen-bond donors (Lipinski definition) is 1. The minimum Gasteiger partial charge on any atom is -0.392 e. The summed E-state index contributed by atoms with van der Waals surface area (Å²) in [6.45, 7) is 4.36. The Labute approximate surface area is 102 Å². The molecule has 0 saturated carbocycles. The van der Waals surface area contributed by atoms with Crippen molar-refractivity contribution in [2.45, 2.75) is 31.3 Å². The smallest absolute Gasteiger partial charge is 0.243 e. The molecule has 1 aromatic rings. The van der Waals surface area contributed by atoms with E-state index in [-0.39, 0.29) is 6.54 Å². The van der Waals surface area contributed by atoms with Crippen molar-refractivity contribution >= 4 is 10.0 Å². The second-order valence-electron chi connectivity index (χ2n) is 4.63. The normalized spacial score (nSPS) is 21.9. The van der Waals surface area contributed by atoms with Crippen molar-refractivity contribution in [2.24, 2.45) is 0 Å².